The van der Waals surface area contributed by atoms with E-state index < -0.39 is 0 Å². The molecule has 1 saturated heterocycles. The molecule has 1 amide bonds. The highest BCUT2D eigenvalue weighted by molar-refractivity contribution is 5.76. The molecule has 0 aliphatic carbocycles. The van der Waals surface area contributed by atoms with Crippen LogP contribution in [0.25, 0.3) is 0 Å². The van der Waals surface area contributed by atoms with Crippen LogP contribution in [0.2, 0.25) is 0 Å². The van der Waals surface area contributed by atoms with Crippen molar-refractivity contribution in [3.8, 4) is 0 Å². The van der Waals surface area contributed by atoms with Crippen molar-refractivity contribution in [3.05, 3.63) is 0 Å². The summed E-state index contributed by atoms with van der Waals surface area (Å²) in [4.78, 5) is 16.4. The fraction of sp³-hybridized carbons (Fsp3) is 0.923. The molecule has 100 valence electrons. The lowest BCUT2D eigenvalue weighted by atomic mass is 10.0. The van der Waals surface area contributed by atoms with Crippen molar-refractivity contribution in [1.82, 2.24) is 9.80 Å². The van der Waals surface area contributed by atoms with E-state index in [4.69, 9.17) is 4.74 Å². The molecule has 17 heavy (non-hydrogen) atoms. The minimum Gasteiger partial charge on any atom is -0.382 e. The van der Waals surface area contributed by atoms with Gasteiger partial charge in [0.15, 0.2) is 0 Å². The number of hydrogen-bond acceptors (Lipinski definition) is 3. The summed E-state index contributed by atoms with van der Waals surface area (Å²) in [6, 6.07) is 0.757. The number of piperazine rings is 1. The largest absolute Gasteiger partial charge is 0.382 e. The summed E-state index contributed by atoms with van der Waals surface area (Å²) in [6.07, 6.45) is 1.45. The van der Waals surface area contributed by atoms with Crippen LogP contribution >= 0.6 is 0 Å². The Hall–Kier alpha value is -0.610. The molecule has 4 nitrogen and oxygen atoms in total. The molecule has 0 spiro atoms. The first-order valence-corrected chi connectivity index (χ1v) is 6.65. The fourth-order valence-electron chi connectivity index (χ4n) is 2.27. The van der Waals surface area contributed by atoms with Crippen molar-refractivity contribution in [2.24, 2.45) is 0 Å². The molecular weight excluding hydrogens is 216 g/mol. The summed E-state index contributed by atoms with van der Waals surface area (Å²) in [6.45, 7) is 9.56. The Morgan fingerprint density at radius 2 is 2.00 bits per heavy atom. The topological polar surface area (TPSA) is 32.8 Å². The van der Waals surface area contributed by atoms with Crippen molar-refractivity contribution < 1.29 is 9.53 Å². The van der Waals surface area contributed by atoms with Crippen molar-refractivity contribution in [1.29, 1.82) is 0 Å². The van der Waals surface area contributed by atoms with Gasteiger partial charge in [0.05, 0.1) is 0 Å². The van der Waals surface area contributed by atoms with Gasteiger partial charge in [-0.15, -0.1) is 0 Å². The van der Waals surface area contributed by atoms with Crippen LogP contribution in [-0.4, -0.2) is 61.1 Å². The smallest absolute Gasteiger partial charge is 0.222 e. The lowest BCUT2D eigenvalue weighted by molar-refractivity contribution is -0.137. The Labute approximate surface area is 105 Å². The number of ether oxygens (including phenoxy) is 1. The molecule has 4 heteroatoms. The molecule has 0 aromatic heterocycles. The van der Waals surface area contributed by atoms with Crippen LogP contribution in [-0.2, 0) is 9.53 Å². The van der Waals surface area contributed by atoms with Gasteiger partial charge in [0.2, 0.25) is 5.91 Å². The Morgan fingerprint density at radius 3 is 2.65 bits per heavy atom. The second-order valence-electron chi connectivity index (χ2n) is 4.85. The minimum absolute atomic E-state index is 0.275. The molecule has 2 atom stereocenters. The zero-order valence-corrected chi connectivity index (χ0v) is 11.6. The predicted molar refractivity (Wildman–Crippen MR) is 69.0 cm³/mol. The van der Waals surface area contributed by atoms with Gasteiger partial charge in [0.1, 0.15) is 0 Å². The van der Waals surface area contributed by atoms with E-state index in [2.05, 4.69) is 25.8 Å². The van der Waals surface area contributed by atoms with Gasteiger partial charge < -0.3 is 9.64 Å². The molecular formula is C13H26N2O2. The summed E-state index contributed by atoms with van der Waals surface area (Å²) >= 11 is 0. The second kappa shape index (κ2) is 6.97. The molecule has 1 heterocycles. The van der Waals surface area contributed by atoms with E-state index in [1.54, 1.807) is 0 Å². The van der Waals surface area contributed by atoms with E-state index in [1.807, 2.05) is 11.8 Å². The lowest BCUT2D eigenvalue weighted by Gasteiger charge is -2.43. The third kappa shape index (κ3) is 3.96. The number of carbonyl (C=O) groups is 1. The first-order chi connectivity index (χ1) is 8.07. The van der Waals surface area contributed by atoms with Gasteiger partial charge >= 0.3 is 0 Å². The highest BCUT2D eigenvalue weighted by Crippen LogP contribution is 2.16. The monoisotopic (exact) mass is 242 g/mol. The van der Waals surface area contributed by atoms with Crippen molar-refractivity contribution >= 4 is 5.91 Å². The van der Waals surface area contributed by atoms with Crippen LogP contribution < -0.4 is 0 Å². The molecule has 0 bridgehead atoms. The first-order valence-electron chi connectivity index (χ1n) is 6.65. The summed E-state index contributed by atoms with van der Waals surface area (Å²) in [5.74, 6) is 0.275. The Balaban J connectivity index is 2.36. The molecule has 1 aliphatic rings. The standard InChI is InChI=1S/C13H26N2O2/c1-5-17-10-6-7-13(16)15-9-8-14(4)11(2)12(15)3/h11-12H,5-10H2,1-4H3/t11-,12-/m1/s1. The molecule has 1 fully saturated rings. The SMILES string of the molecule is CCOCCCC(=O)N1CCN(C)[C@H](C)[C@H]1C. The minimum atomic E-state index is 0.275. The van der Waals surface area contributed by atoms with E-state index in [1.165, 1.54) is 0 Å². The van der Waals surface area contributed by atoms with Crippen LogP contribution in [0, 0.1) is 0 Å². The number of rotatable bonds is 5. The molecule has 0 saturated carbocycles. The molecule has 1 aliphatic heterocycles. The highest BCUT2D eigenvalue weighted by Gasteiger charge is 2.30. The zero-order valence-electron chi connectivity index (χ0n) is 11.6. The number of amides is 1. The summed E-state index contributed by atoms with van der Waals surface area (Å²) < 4.78 is 5.26. The summed E-state index contributed by atoms with van der Waals surface area (Å²) in [7, 11) is 2.12. The Bertz CT molecular complexity index is 246. The van der Waals surface area contributed by atoms with Gasteiger partial charge in [-0.25, -0.2) is 0 Å². The number of hydrogen-bond donors (Lipinski definition) is 0. The normalized spacial score (nSPS) is 26.2. The van der Waals surface area contributed by atoms with Crippen molar-refractivity contribution in [3.63, 3.8) is 0 Å². The summed E-state index contributed by atoms with van der Waals surface area (Å²) in [5, 5.41) is 0. The van der Waals surface area contributed by atoms with E-state index in [0.717, 1.165) is 26.1 Å². The maximum atomic E-state index is 12.1. The average Bonchev–Trinajstić information content (AvgIpc) is 2.31. The third-order valence-corrected chi connectivity index (χ3v) is 3.78. The van der Waals surface area contributed by atoms with Gasteiger partial charge in [0.25, 0.3) is 0 Å². The lowest BCUT2D eigenvalue weighted by Crippen LogP contribution is -2.57. The van der Waals surface area contributed by atoms with E-state index in [0.29, 0.717) is 25.1 Å². The average molecular weight is 242 g/mol. The predicted octanol–water partition coefficient (Wildman–Crippen LogP) is 1.35. The second-order valence-corrected chi connectivity index (χ2v) is 4.85. The maximum Gasteiger partial charge on any atom is 0.222 e. The zero-order chi connectivity index (χ0) is 12.8. The fourth-order valence-corrected chi connectivity index (χ4v) is 2.27. The van der Waals surface area contributed by atoms with Gasteiger partial charge in [-0.3, -0.25) is 9.69 Å². The van der Waals surface area contributed by atoms with Gasteiger partial charge in [-0.2, -0.15) is 0 Å². The van der Waals surface area contributed by atoms with Crippen molar-refractivity contribution in [2.75, 3.05) is 33.4 Å². The van der Waals surface area contributed by atoms with E-state index in [-0.39, 0.29) is 5.91 Å². The highest BCUT2D eigenvalue weighted by atomic mass is 16.5. The van der Waals surface area contributed by atoms with Gasteiger partial charge in [-0.1, -0.05) is 0 Å². The van der Waals surface area contributed by atoms with Crippen LogP contribution in [0.3, 0.4) is 0 Å². The van der Waals surface area contributed by atoms with Crippen LogP contribution in [0.15, 0.2) is 0 Å². The third-order valence-electron chi connectivity index (χ3n) is 3.78. The summed E-state index contributed by atoms with van der Waals surface area (Å²) in [5.41, 5.74) is 0. The Kier molecular flexibility index (Phi) is 5.92. The molecule has 0 unspecified atom stereocenters. The number of nitrogens with zero attached hydrogens (tertiary/aromatic N) is 2. The van der Waals surface area contributed by atoms with Crippen LogP contribution in [0.4, 0.5) is 0 Å². The van der Waals surface area contributed by atoms with Gasteiger partial charge in [-0.05, 0) is 34.2 Å². The molecule has 0 aromatic carbocycles. The van der Waals surface area contributed by atoms with Crippen LogP contribution in [0.1, 0.15) is 33.6 Å². The van der Waals surface area contributed by atoms with E-state index >= 15 is 0 Å². The molecule has 0 radical (unpaired) electrons. The van der Waals surface area contributed by atoms with Crippen molar-refractivity contribution in [2.45, 2.75) is 45.7 Å². The Morgan fingerprint density at radius 1 is 1.29 bits per heavy atom. The number of likely N-dealkylation sites (N-methyl/N-ethyl adjacent to an activating group) is 1. The molecule has 1 rings (SSSR count). The van der Waals surface area contributed by atoms with E-state index in [9.17, 15) is 4.79 Å². The molecule has 0 aromatic rings. The quantitative estimate of drug-likeness (QED) is 0.682. The first kappa shape index (κ1) is 14.5. The van der Waals surface area contributed by atoms with Gasteiger partial charge in [0, 0.05) is 44.8 Å². The van der Waals surface area contributed by atoms with Crippen LogP contribution in [0.5, 0.6) is 0 Å². The maximum absolute atomic E-state index is 12.1. The molecule has 0 N–H and O–H groups in total. The number of carbonyl (C=O) groups excluding carboxylic acids is 1.